The highest BCUT2D eigenvalue weighted by molar-refractivity contribution is 5.95. The molecule has 2 heterocycles. The van der Waals surface area contributed by atoms with Crippen molar-refractivity contribution >= 4 is 39.5 Å². The van der Waals surface area contributed by atoms with Gasteiger partial charge >= 0.3 is 0 Å². The molecule has 0 saturated heterocycles. The summed E-state index contributed by atoms with van der Waals surface area (Å²) < 4.78 is 2.64. The minimum atomic E-state index is -0.198. The molecular formula is C55H44N2. The highest BCUT2D eigenvalue weighted by atomic mass is 15.1. The summed E-state index contributed by atoms with van der Waals surface area (Å²) in [5.74, 6) is 0. The molecule has 0 amide bonds. The van der Waals surface area contributed by atoms with Crippen LogP contribution in [-0.4, -0.2) is 4.57 Å². The number of rotatable bonds is 6. The molecule has 1 aliphatic heterocycles. The van der Waals surface area contributed by atoms with Gasteiger partial charge in [0.15, 0.2) is 0 Å². The molecule has 0 bridgehead atoms. The third kappa shape index (κ3) is 6.34. The third-order valence-corrected chi connectivity index (χ3v) is 11.9. The van der Waals surface area contributed by atoms with E-state index in [9.17, 15) is 0 Å². The number of fused-ring (bicyclic) bond motifs is 4. The molecule has 1 aromatic heterocycles. The van der Waals surface area contributed by atoms with Crippen LogP contribution >= 0.6 is 0 Å². The van der Waals surface area contributed by atoms with Crippen LogP contribution in [0.2, 0.25) is 0 Å². The second kappa shape index (κ2) is 14.3. The molecule has 6 aromatic carbocycles. The van der Waals surface area contributed by atoms with Crippen LogP contribution in [0, 0.1) is 0 Å². The topological polar surface area (TPSA) is 8.17 Å². The molecular weight excluding hydrogens is 689 g/mol. The van der Waals surface area contributed by atoms with Gasteiger partial charge in [0.1, 0.15) is 0 Å². The van der Waals surface area contributed by atoms with Gasteiger partial charge in [-0.05, 0) is 113 Å². The van der Waals surface area contributed by atoms with E-state index in [1.54, 1.807) is 0 Å². The number of hydrogen-bond donors (Lipinski definition) is 0. The van der Waals surface area contributed by atoms with Gasteiger partial charge in [-0.1, -0.05) is 164 Å². The SMILES string of the molecule is C=C1/C=C\C(C2=Cc3c(n(C4(C)C=CC=C(c5ccccc5)C4)c4ccccc34)CC2)=C/N(c2cc(-c3ccccc3)cc(-c3ccccc3)c2)c2ccccc21. The van der Waals surface area contributed by atoms with Gasteiger partial charge in [-0.3, -0.25) is 0 Å². The third-order valence-electron chi connectivity index (χ3n) is 11.9. The number of anilines is 2. The number of benzene rings is 6. The summed E-state index contributed by atoms with van der Waals surface area (Å²) in [6.07, 6.45) is 19.1. The molecule has 0 saturated carbocycles. The van der Waals surface area contributed by atoms with Crippen molar-refractivity contribution in [2.24, 2.45) is 0 Å². The Bertz CT molecular complexity index is 2770. The van der Waals surface area contributed by atoms with Gasteiger partial charge in [0.05, 0.1) is 11.2 Å². The maximum atomic E-state index is 4.59. The minimum Gasteiger partial charge on any atom is -0.334 e. The highest BCUT2D eigenvalue weighted by Crippen LogP contribution is 2.45. The number of nitrogens with zero attached hydrogens (tertiary/aromatic N) is 2. The molecule has 2 nitrogen and oxygen atoms in total. The first-order valence-corrected chi connectivity index (χ1v) is 20.0. The lowest BCUT2D eigenvalue weighted by atomic mass is 9.84. The van der Waals surface area contributed by atoms with Gasteiger partial charge in [-0.15, -0.1) is 0 Å². The molecule has 0 radical (unpaired) electrons. The Hall–Kier alpha value is -6.90. The fourth-order valence-corrected chi connectivity index (χ4v) is 9.15. The zero-order valence-corrected chi connectivity index (χ0v) is 32.3. The van der Waals surface area contributed by atoms with Crippen molar-refractivity contribution in [2.45, 2.75) is 31.7 Å². The molecule has 7 aromatic rings. The summed E-state index contributed by atoms with van der Waals surface area (Å²) in [6.45, 7) is 6.99. The predicted molar refractivity (Wildman–Crippen MR) is 242 cm³/mol. The van der Waals surface area contributed by atoms with Crippen LogP contribution in [0.5, 0.6) is 0 Å². The van der Waals surface area contributed by atoms with E-state index in [4.69, 9.17) is 0 Å². The zero-order chi connectivity index (χ0) is 38.3. The van der Waals surface area contributed by atoms with Crippen molar-refractivity contribution in [1.29, 1.82) is 0 Å². The van der Waals surface area contributed by atoms with Crippen LogP contribution in [0.4, 0.5) is 11.4 Å². The molecule has 0 fully saturated rings. The molecule has 57 heavy (non-hydrogen) atoms. The quantitative estimate of drug-likeness (QED) is 0.165. The Morgan fingerprint density at radius 1 is 0.596 bits per heavy atom. The smallest absolute Gasteiger partial charge is 0.0646 e. The largest absolute Gasteiger partial charge is 0.334 e. The molecule has 1 unspecified atom stereocenters. The summed E-state index contributed by atoms with van der Waals surface area (Å²) in [7, 11) is 0. The summed E-state index contributed by atoms with van der Waals surface area (Å²) in [6, 6.07) is 56.9. The van der Waals surface area contributed by atoms with E-state index in [0.29, 0.717) is 0 Å². The van der Waals surface area contributed by atoms with Crippen molar-refractivity contribution in [3.05, 3.63) is 234 Å². The second-order valence-electron chi connectivity index (χ2n) is 15.7. The van der Waals surface area contributed by atoms with E-state index < -0.39 is 0 Å². The van der Waals surface area contributed by atoms with Crippen LogP contribution in [0.3, 0.4) is 0 Å². The molecule has 10 rings (SSSR count). The van der Waals surface area contributed by atoms with Gasteiger partial charge in [0.25, 0.3) is 0 Å². The van der Waals surface area contributed by atoms with Crippen LogP contribution in [0.1, 0.15) is 42.1 Å². The van der Waals surface area contributed by atoms with E-state index in [2.05, 4.69) is 223 Å². The fourth-order valence-electron chi connectivity index (χ4n) is 9.15. The molecule has 274 valence electrons. The number of aromatic nitrogens is 1. The van der Waals surface area contributed by atoms with Crippen molar-refractivity contribution in [1.82, 2.24) is 4.57 Å². The van der Waals surface area contributed by atoms with E-state index in [1.807, 2.05) is 0 Å². The summed E-state index contributed by atoms with van der Waals surface area (Å²) in [4.78, 5) is 2.39. The molecule has 2 aliphatic carbocycles. The lowest BCUT2D eigenvalue weighted by Gasteiger charge is -2.35. The summed E-state index contributed by atoms with van der Waals surface area (Å²) in [5.41, 5.74) is 18.1. The molecule has 3 aliphatic rings. The second-order valence-corrected chi connectivity index (χ2v) is 15.7. The van der Waals surface area contributed by atoms with Crippen LogP contribution < -0.4 is 4.90 Å². The number of para-hydroxylation sites is 2. The minimum absolute atomic E-state index is 0.198. The van der Waals surface area contributed by atoms with Gasteiger partial charge in [0.2, 0.25) is 0 Å². The van der Waals surface area contributed by atoms with E-state index in [-0.39, 0.29) is 5.54 Å². The first kappa shape index (κ1) is 34.6. The molecule has 2 heteroatoms. The zero-order valence-electron chi connectivity index (χ0n) is 32.3. The Morgan fingerprint density at radius 3 is 1.95 bits per heavy atom. The van der Waals surface area contributed by atoms with Crippen molar-refractivity contribution in [3.63, 3.8) is 0 Å². The summed E-state index contributed by atoms with van der Waals surface area (Å²) >= 11 is 0. The first-order valence-electron chi connectivity index (χ1n) is 20.0. The van der Waals surface area contributed by atoms with Crippen molar-refractivity contribution in [3.8, 4) is 22.3 Å². The standard InChI is InChI=1S/C55H44N2/c1-39-28-29-45(38-56(52-26-14-12-24-49(39)52)48-34-46(41-19-8-4-9-20-41)33-47(35-48)42-21-10-5-11-22-42)43-30-31-54-51(36-43)50-25-13-15-27-53(50)57(54)55(2)32-16-23-44(37-55)40-17-6-3-7-18-40/h3-29,32-36,38H,1,30-31,37H2,2H3/b29-28-,45-38+. The van der Waals surface area contributed by atoms with Crippen molar-refractivity contribution in [2.75, 3.05) is 4.90 Å². The maximum absolute atomic E-state index is 4.59. The van der Waals surface area contributed by atoms with E-state index in [0.717, 1.165) is 41.8 Å². The molecule has 1 atom stereocenters. The van der Waals surface area contributed by atoms with Crippen LogP contribution in [0.25, 0.3) is 50.4 Å². The Kier molecular flexibility index (Phi) is 8.68. The molecule has 0 N–H and O–H groups in total. The Balaban J connectivity index is 1.12. The summed E-state index contributed by atoms with van der Waals surface area (Å²) in [5, 5.41) is 1.31. The van der Waals surface area contributed by atoms with Gasteiger partial charge in [0, 0.05) is 39.6 Å². The Morgan fingerprint density at radius 2 is 1.23 bits per heavy atom. The van der Waals surface area contributed by atoms with Gasteiger partial charge < -0.3 is 9.47 Å². The van der Waals surface area contributed by atoms with E-state index >= 15 is 0 Å². The number of allylic oxidation sites excluding steroid dienone is 9. The van der Waals surface area contributed by atoms with E-state index in [1.165, 1.54) is 66.7 Å². The highest BCUT2D eigenvalue weighted by Gasteiger charge is 2.33. The average molecular weight is 733 g/mol. The monoisotopic (exact) mass is 732 g/mol. The fraction of sp³-hybridized carbons (Fsp3) is 0.0909. The lowest BCUT2D eigenvalue weighted by molar-refractivity contribution is 0.417. The van der Waals surface area contributed by atoms with Gasteiger partial charge in [-0.2, -0.15) is 0 Å². The Labute approximate surface area is 336 Å². The van der Waals surface area contributed by atoms with Crippen LogP contribution in [0.15, 0.2) is 212 Å². The van der Waals surface area contributed by atoms with Gasteiger partial charge in [-0.25, -0.2) is 0 Å². The predicted octanol–water partition coefficient (Wildman–Crippen LogP) is 14.4. The van der Waals surface area contributed by atoms with Crippen molar-refractivity contribution < 1.29 is 0 Å². The first-order chi connectivity index (χ1) is 28.0. The average Bonchev–Trinajstić information content (AvgIpc) is 3.61. The normalized spacial score (nSPS) is 19.1. The molecule has 0 spiro atoms. The lowest BCUT2D eigenvalue weighted by Crippen LogP contribution is -2.31. The maximum Gasteiger partial charge on any atom is 0.0646 e. The number of hydrogen-bond acceptors (Lipinski definition) is 1. The van der Waals surface area contributed by atoms with Crippen LogP contribution in [-0.2, 0) is 12.0 Å².